The lowest BCUT2D eigenvalue weighted by molar-refractivity contribution is -0.116. The molecule has 3 aromatic rings. The molecule has 1 unspecified atom stereocenters. The van der Waals surface area contributed by atoms with Gasteiger partial charge in [-0.1, -0.05) is 48.5 Å². The summed E-state index contributed by atoms with van der Waals surface area (Å²) in [5, 5.41) is 14.4. The minimum atomic E-state index is -1.12. The summed E-state index contributed by atoms with van der Waals surface area (Å²) in [6.07, 6.45) is 2.26. The number of nitrogens with zero attached hydrogens (tertiary/aromatic N) is 1. The predicted molar refractivity (Wildman–Crippen MR) is 131 cm³/mol. The van der Waals surface area contributed by atoms with E-state index >= 15 is 0 Å². The monoisotopic (exact) mass is 473 g/mol. The molecule has 3 N–H and O–H groups in total. The van der Waals surface area contributed by atoms with E-state index < -0.39 is 12.1 Å². The molecule has 1 aromatic heterocycles. The van der Waals surface area contributed by atoms with Crippen molar-refractivity contribution in [2.45, 2.75) is 38.1 Å². The number of amides is 2. The number of aromatic nitrogens is 1. The lowest BCUT2D eigenvalue weighted by atomic mass is 9.98. The van der Waals surface area contributed by atoms with Gasteiger partial charge in [0.2, 0.25) is 5.91 Å². The molecule has 4 rings (SSSR count). The number of fused-ring (bicyclic) bond motifs is 3. The zero-order chi connectivity index (χ0) is 24.8. The van der Waals surface area contributed by atoms with Gasteiger partial charge in [0.15, 0.2) is 0 Å². The second kappa shape index (κ2) is 10.8. The fraction of sp³-hybridized carbons (Fsp3) is 0.259. The molecule has 180 valence electrons. The maximum absolute atomic E-state index is 12.4. The number of aromatic carboxylic acids is 1. The fourth-order valence-electron chi connectivity index (χ4n) is 4.30. The molecule has 1 heterocycles. The Bertz CT molecular complexity index is 1180. The Labute approximate surface area is 203 Å². The second-order valence-corrected chi connectivity index (χ2v) is 8.55. The first-order valence-electron chi connectivity index (χ1n) is 11.5. The van der Waals surface area contributed by atoms with Crippen LogP contribution in [-0.4, -0.2) is 40.7 Å². The quantitative estimate of drug-likeness (QED) is 0.410. The number of pyridine rings is 1. The summed E-state index contributed by atoms with van der Waals surface area (Å²) in [6.45, 7) is 2.12. The highest BCUT2D eigenvalue weighted by Gasteiger charge is 2.29. The summed E-state index contributed by atoms with van der Waals surface area (Å²) in [5.74, 6) is -1.32. The minimum absolute atomic E-state index is 0.00575. The van der Waals surface area contributed by atoms with Gasteiger partial charge >= 0.3 is 12.1 Å². The van der Waals surface area contributed by atoms with Gasteiger partial charge in [-0.3, -0.25) is 4.79 Å². The van der Waals surface area contributed by atoms with Gasteiger partial charge in [0.25, 0.3) is 0 Å². The van der Waals surface area contributed by atoms with Crippen LogP contribution in [0.15, 0.2) is 66.9 Å². The highest BCUT2D eigenvalue weighted by molar-refractivity contribution is 5.91. The van der Waals surface area contributed by atoms with Gasteiger partial charge in [0.05, 0.1) is 11.9 Å². The molecule has 1 aliphatic carbocycles. The number of alkyl carbamates (subject to hydrolysis) is 1. The number of ether oxygens (including phenoxy) is 1. The third kappa shape index (κ3) is 5.84. The van der Waals surface area contributed by atoms with Crippen LogP contribution in [-0.2, 0) is 9.53 Å². The van der Waals surface area contributed by atoms with E-state index in [9.17, 15) is 14.4 Å². The molecule has 8 heteroatoms. The summed E-state index contributed by atoms with van der Waals surface area (Å²) >= 11 is 0. The molecule has 35 heavy (non-hydrogen) atoms. The maximum Gasteiger partial charge on any atom is 0.407 e. The van der Waals surface area contributed by atoms with E-state index in [2.05, 4.69) is 39.9 Å². The fourth-order valence-corrected chi connectivity index (χ4v) is 4.30. The Morgan fingerprint density at radius 2 is 1.66 bits per heavy atom. The summed E-state index contributed by atoms with van der Waals surface area (Å²) < 4.78 is 5.57. The maximum atomic E-state index is 12.4. The van der Waals surface area contributed by atoms with E-state index in [4.69, 9.17) is 9.84 Å². The molecular formula is C27H27N3O5. The van der Waals surface area contributed by atoms with Gasteiger partial charge in [-0.05, 0) is 54.2 Å². The molecule has 0 spiro atoms. The largest absolute Gasteiger partial charge is 0.477 e. The SMILES string of the molecule is CC(CCCC(=O)Nc1ccc(C(=O)O)nc1)NC(=O)OCC1c2ccccc2-c2ccccc21. The van der Waals surface area contributed by atoms with E-state index in [1.807, 2.05) is 31.2 Å². The smallest absolute Gasteiger partial charge is 0.407 e. The lowest BCUT2D eigenvalue weighted by Crippen LogP contribution is -2.34. The van der Waals surface area contributed by atoms with E-state index in [0.717, 1.165) is 11.1 Å². The summed E-state index contributed by atoms with van der Waals surface area (Å²) in [6, 6.07) is 19.0. The Balaban J connectivity index is 1.19. The van der Waals surface area contributed by atoms with Crippen LogP contribution in [0, 0.1) is 0 Å². The second-order valence-electron chi connectivity index (χ2n) is 8.55. The van der Waals surface area contributed by atoms with Crippen LogP contribution >= 0.6 is 0 Å². The number of hydrogen-bond donors (Lipinski definition) is 3. The van der Waals surface area contributed by atoms with E-state index in [0.29, 0.717) is 18.5 Å². The van der Waals surface area contributed by atoms with E-state index in [1.54, 1.807) is 0 Å². The van der Waals surface area contributed by atoms with Crippen LogP contribution in [0.25, 0.3) is 11.1 Å². The molecule has 1 atom stereocenters. The molecule has 2 aromatic carbocycles. The van der Waals surface area contributed by atoms with Crippen LogP contribution < -0.4 is 10.6 Å². The number of hydrogen-bond acceptors (Lipinski definition) is 5. The van der Waals surface area contributed by atoms with Crippen molar-refractivity contribution in [2.24, 2.45) is 0 Å². The predicted octanol–water partition coefficient (Wildman–Crippen LogP) is 4.82. The van der Waals surface area contributed by atoms with Gasteiger partial charge in [0, 0.05) is 18.4 Å². The Hall–Kier alpha value is -4.20. The van der Waals surface area contributed by atoms with E-state index in [1.165, 1.54) is 29.5 Å². The van der Waals surface area contributed by atoms with Gasteiger partial charge in [-0.25, -0.2) is 14.6 Å². The molecule has 8 nitrogen and oxygen atoms in total. The van der Waals surface area contributed by atoms with Crippen LogP contribution in [0.5, 0.6) is 0 Å². The number of carboxylic acid groups (broad SMARTS) is 1. The van der Waals surface area contributed by atoms with Crippen molar-refractivity contribution >= 4 is 23.7 Å². The Morgan fingerprint density at radius 1 is 1.00 bits per heavy atom. The Morgan fingerprint density at radius 3 is 2.26 bits per heavy atom. The highest BCUT2D eigenvalue weighted by atomic mass is 16.5. The third-order valence-corrected chi connectivity index (χ3v) is 6.02. The van der Waals surface area contributed by atoms with Crippen molar-refractivity contribution in [1.29, 1.82) is 0 Å². The van der Waals surface area contributed by atoms with Crippen molar-refractivity contribution in [3.05, 3.63) is 83.7 Å². The number of carbonyl (C=O) groups excluding carboxylic acids is 2. The highest BCUT2D eigenvalue weighted by Crippen LogP contribution is 2.44. The first kappa shape index (κ1) is 23.9. The number of benzene rings is 2. The average Bonchev–Trinajstić information content (AvgIpc) is 3.17. The number of rotatable bonds is 9. The molecular weight excluding hydrogens is 446 g/mol. The number of carbonyl (C=O) groups is 3. The number of nitrogens with one attached hydrogen (secondary N) is 2. The van der Waals surface area contributed by atoms with E-state index in [-0.39, 0.29) is 36.6 Å². The average molecular weight is 474 g/mol. The normalized spacial score (nSPS) is 12.8. The van der Waals surface area contributed by atoms with Gasteiger partial charge in [0.1, 0.15) is 12.3 Å². The van der Waals surface area contributed by atoms with Crippen LogP contribution in [0.4, 0.5) is 10.5 Å². The molecule has 0 bridgehead atoms. The van der Waals surface area contributed by atoms with Crippen LogP contribution in [0.3, 0.4) is 0 Å². The van der Waals surface area contributed by atoms with Crippen molar-refractivity contribution < 1.29 is 24.2 Å². The standard InChI is InChI=1S/C27H27N3O5/c1-17(7-6-12-25(31)30-18-13-14-24(26(32)33)28-15-18)29-27(34)35-16-23-21-10-4-2-8-19(21)20-9-3-5-11-22(20)23/h2-5,8-11,13-15,17,23H,6-7,12,16H2,1H3,(H,29,34)(H,30,31)(H,32,33). The third-order valence-electron chi connectivity index (χ3n) is 6.02. The molecule has 0 saturated carbocycles. The summed E-state index contributed by atoms with van der Waals surface area (Å²) in [4.78, 5) is 39.1. The van der Waals surface area contributed by atoms with Gasteiger partial charge in [-0.15, -0.1) is 0 Å². The first-order valence-corrected chi connectivity index (χ1v) is 11.5. The van der Waals surface area contributed by atoms with Crippen LogP contribution in [0.2, 0.25) is 0 Å². The Kier molecular flexibility index (Phi) is 7.40. The topological polar surface area (TPSA) is 118 Å². The van der Waals surface area contributed by atoms with Crippen molar-refractivity contribution in [3.63, 3.8) is 0 Å². The van der Waals surface area contributed by atoms with Crippen LogP contribution in [0.1, 0.15) is 53.7 Å². The molecule has 2 amide bonds. The number of carboxylic acids is 1. The van der Waals surface area contributed by atoms with Crippen molar-refractivity contribution in [2.75, 3.05) is 11.9 Å². The van der Waals surface area contributed by atoms with Gasteiger partial charge in [-0.2, -0.15) is 0 Å². The number of anilines is 1. The van der Waals surface area contributed by atoms with Gasteiger partial charge < -0.3 is 20.5 Å². The summed E-state index contributed by atoms with van der Waals surface area (Å²) in [5.41, 5.74) is 5.03. The first-order chi connectivity index (χ1) is 16.9. The molecule has 1 aliphatic rings. The molecule has 0 fully saturated rings. The summed E-state index contributed by atoms with van der Waals surface area (Å²) in [7, 11) is 0. The zero-order valence-corrected chi connectivity index (χ0v) is 19.4. The zero-order valence-electron chi connectivity index (χ0n) is 19.4. The molecule has 0 radical (unpaired) electrons. The minimum Gasteiger partial charge on any atom is -0.477 e. The van der Waals surface area contributed by atoms with Crippen molar-refractivity contribution in [1.82, 2.24) is 10.3 Å². The molecule has 0 aliphatic heterocycles. The molecule has 0 saturated heterocycles. The van der Waals surface area contributed by atoms with Crippen molar-refractivity contribution in [3.8, 4) is 11.1 Å². The lowest BCUT2D eigenvalue weighted by Gasteiger charge is -2.17.